The Balaban J connectivity index is 1.36. The highest BCUT2D eigenvalue weighted by molar-refractivity contribution is 7.92. The van der Waals surface area contributed by atoms with Crippen molar-refractivity contribution in [2.45, 2.75) is 91.9 Å². The predicted octanol–water partition coefficient (Wildman–Crippen LogP) is 5.59. The molecule has 3 atom stereocenters. The first-order chi connectivity index (χ1) is 19.9. The molecule has 4 fully saturated rings. The number of hydroxylamine groups is 1. The van der Waals surface area contributed by atoms with Gasteiger partial charge in [-0.3, -0.25) is 10.0 Å². The Morgan fingerprint density at radius 2 is 1.70 bits per heavy atom. The summed E-state index contributed by atoms with van der Waals surface area (Å²) in [4.78, 5) is 14.7. The lowest BCUT2D eigenvalue weighted by Crippen LogP contribution is -2.57. The van der Waals surface area contributed by atoms with Crippen molar-refractivity contribution in [2.75, 3.05) is 18.0 Å². The molecule has 238 valence electrons. The van der Waals surface area contributed by atoms with Gasteiger partial charge in [-0.15, -0.1) is 5.17 Å². The number of hydrazine groups is 1. The van der Waals surface area contributed by atoms with E-state index in [0.717, 1.165) is 0 Å². The van der Waals surface area contributed by atoms with E-state index < -0.39 is 68.5 Å². The van der Waals surface area contributed by atoms with Gasteiger partial charge in [0.15, 0.2) is 15.6 Å². The van der Waals surface area contributed by atoms with Gasteiger partial charge in [0.05, 0.1) is 33.2 Å². The van der Waals surface area contributed by atoms with E-state index in [1.165, 1.54) is 18.2 Å². The molecule has 1 aromatic rings. The second kappa shape index (κ2) is 11.0. The molecule has 43 heavy (non-hydrogen) atoms. The van der Waals surface area contributed by atoms with Crippen molar-refractivity contribution in [1.82, 2.24) is 10.6 Å². The first-order valence-corrected chi connectivity index (χ1v) is 16.0. The van der Waals surface area contributed by atoms with Crippen LogP contribution in [0.4, 0.5) is 32.0 Å². The molecule has 16 heteroatoms. The van der Waals surface area contributed by atoms with Crippen molar-refractivity contribution in [3.63, 3.8) is 0 Å². The SMILES string of the molecule is N#CC1(NN(O)[C@@H]2C[C@@H](S(=O)(=O)c3ccc(N4CCC(C(F)(F)F)CC4)cc3Cl)CCC2C(=O)C2(C(F)(F)F)CC2)CC1. The van der Waals surface area contributed by atoms with Gasteiger partial charge >= 0.3 is 12.4 Å². The number of Topliss-reactive ketones (excluding diaryl/α,β-unsaturated/α-hetero) is 1. The standard InChI is InChI=1S/C27H31ClF6N4O4S/c28-20-13-17(37-11-5-16(6-12-37)26(29,30)31)1-4-22(20)43(41,42)18-2-3-19(23(39)25(9-10-25)27(32,33)34)21(14-18)38(40)36-24(15-35)7-8-24/h1,4,13,16,18-19,21,36,40H,2-3,5-12,14H2/t18-,19?,21+/m0/s1. The Morgan fingerprint density at radius 3 is 2.19 bits per heavy atom. The van der Waals surface area contributed by atoms with Crippen molar-refractivity contribution in [1.29, 1.82) is 5.26 Å². The third kappa shape index (κ3) is 6.10. The van der Waals surface area contributed by atoms with Gasteiger partial charge in [0.1, 0.15) is 11.0 Å². The fourth-order valence-electron chi connectivity index (χ4n) is 6.35. The van der Waals surface area contributed by atoms with E-state index in [1.54, 1.807) is 4.90 Å². The molecule has 5 rings (SSSR count). The van der Waals surface area contributed by atoms with E-state index in [0.29, 0.717) is 23.7 Å². The number of carbonyl (C=O) groups is 1. The van der Waals surface area contributed by atoms with E-state index in [9.17, 15) is 50.0 Å². The Hall–Kier alpha value is -2.12. The van der Waals surface area contributed by atoms with Crippen molar-refractivity contribution in [3.05, 3.63) is 23.2 Å². The normalized spacial score (nSPS) is 27.5. The van der Waals surface area contributed by atoms with E-state index in [-0.39, 0.29) is 61.5 Å². The number of halogens is 7. The lowest BCUT2D eigenvalue weighted by atomic mass is 9.76. The number of carbonyl (C=O) groups excluding carboxylic acids is 1. The third-order valence-electron chi connectivity index (χ3n) is 9.46. The van der Waals surface area contributed by atoms with Crippen molar-refractivity contribution in [3.8, 4) is 6.07 Å². The topological polar surface area (TPSA) is 114 Å². The Kier molecular flexibility index (Phi) is 8.29. The molecule has 1 saturated heterocycles. The van der Waals surface area contributed by atoms with Gasteiger partial charge in [-0.05, 0) is 76.0 Å². The molecule has 0 bridgehead atoms. The highest BCUT2D eigenvalue weighted by Crippen LogP contribution is 2.60. The lowest BCUT2D eigenvalue weighted by Gasteiger charge is -2.41. The van der Waals surface area contributed by atoms with Gasteiger partial charge in [-0.1, -0.05) is 11.6 Å². The summed E-state index contributed by atoms with van der Waals surface area (Å²) in [7, 11) is -4.23. The van der Waals surface area contributed by atoms with Crippen LogP contribution < -0.4 is 10.3 Å². The van der Waals surface area contributed by atoms with E-state index >= 15 is 0 Å². The van der Waals surface area contributed by atoms with Crippen LogP contribution in [0.5, 0.6) is 0 Å². The van der Waals surface area contributed by atoms with Gasteiger partial charge in [0.25, 0.3) is 0 Å². The number of alkyl halides is 6. The maximum Gasteiger partial charge on any atom is 0.401 e. The minimum Gasteiger partial charge on any atom is -0.371 e. The molecule has 2 N–H and O–H groups in total. The van der Waals surface area contributed by atoms with Gasteiger partial charge in [0.2, 0.25) is 0 Å². The molecule has 3 aliphatic carbocycles. The predicted molar refractivity (Wildman–Crippen MR) is 142 cm³/mol. The summed E-state index contributed by atoms with van der Waals surface area (Å²) < 4.78 is 108. The lowest BCUT2D eigenvalue weighted by molar-refractivity contribution is -0.212. The Bertz CT molecular complexity index is 1400. The molecule has 4 aliphatic rings. The summed E-state index contributed by atoms with van der Waals surface area (Å²) in [6.45, 7) is 0.213. The minimum atomic E-state index is -4.78. The van der Waals surface area contributed by atoms with Crippen molar-refractivity contribution < 1.29 is 44.8 Å². The largest absolute Gasteiger partial charge is 0.401 e. The maximum absolute atomic E-state index is 13.8. The van der Waals surface area contributed by atoms with Crippen LogP contribution in [0.15, 0.2) is 23.1 Å². The Labute approximate surface area is 249 Å². The first kappa shape index (κ1) is 32.3. The zero-order valence-electron chi connectivity index (χ0n) is 22.9. The number of nitriles is 1. The van der Waals surface area contributed by atoms with Gasteiger partial charge < -0.3 is 4.90 Å². The highest BCUT2D eigenvalue weighted by atomic mass is 35.5. The van der Waals surface area contributed by atoms with Crippen molar-refractivity contribution in [2.24, 2.45) is 17.3 Å². The number of anilines is 1. The smallest absolute Gasteiger partial charge is 0.371 e. The number of nitrogens with zero attached hydrogens (tertiary/aromatic N) is 3. The average Bonchev–Trinajstić information content (AvgIpc) is 3.87. The Morgan fingerprint density at radius 1 is 1.07 bits per heavy atom. The van der Waals surface area contributed by atoms with E-state index in [4.69, 9.17) is 11.6 Å². The van der Waals surface area contributed by atoms with Crippen LogP contribution in [0.3, 0.4) is 0 Å². The molecular weight excluding hydrogens is 626 g/mol. The monoisotopic (exact) mass is 656 g/mol. The number of hydrogen-bond donors (Lipinski definition) is 2. The van der Waals surface area contributed by atoms with Crippen LogP contribution >= 0.6 is 11.6 Å². The number of benzene rings is 1. The molecule has 1 unspecified atom stereocenters. The van der Waals surface area contributed by atoms with Crippen LogP contribution in [0, 0.1) is 28.6 Å². The van der Waals surface area contributed by atoms with Crippen LogP contribution in [0.2, 0.25) is 5.02 Å². The zero-order valence-corrected chi connectivity index (χ0v) is 24.5. The zero-order chi connectivity index (χ0) is 31.6. The molecule has 0 spiro atoms. The molecular formula is C27H31ClF6N4O4S. The number of hydrogen-bond acceptors (Lipinski definition) is 8. The molecule has 0 radical (unpaired) electrons. The summed E-state index contributed by atoms with van der Waals surface area (Å²) in [5, 5.41) is 19.4. The molecule has 1 heterocycles. The number of sulfone groups is 1. The highest BCUT2D eigenvalue weighted by Gasteiger charge is 2.70. The summed E-state index contributed by atoms with van der Waals surface area (Å²) in [6, 6.07) is 4.67. The molecule has 1 aromatic carbocycles. The quantitative estimate of drug-likeness (QED) is 0.275. The molecule has 8 nitrogen and oxygen atoms in total. The van der Waals surface area contributed by atoms with Gasteiger partial charge in [-0.2, -0.15) is 31.6 Å². The van der Waals surface area contributed by atoms with E-state index in [2.05, 4.69) is 5.43 Å². The average molecular weight is 657 g/mol. The molecule has 3 saturated carbocycles. The maximum atomic E-state index is 13.8. The second-order valence-corrected chi connectivity index (χ2v) is 14.8. The minimum absolute atomic E-state index is 0.106. The molecule has 0 aromatic heterocycles. The summed E-state index contributed by atoms with van der Waals surface area (Å²) in [5.74, 6) is -3.84. The number of rotatable bonds is 8. The van der Waals surface area contributed by atoms with Crippen LogP contribution in [-0.2, 0) is 14.6 Å². The van der Waals surface area contributed by atoms with Crippen LogP contribution in [-0.4, -0.2) is 66.9 Å². The molecule has 0 amide bonds. The van der Waals surface area contributed by atoms with E-state index in [1.807, 2.05) is 6.07 Å². The van der Waals surface area contributed by atoms with Crippen molar-refractivity contribution >= 4 is 32.9 Å². The summed E-state index contributed by atoms with van der Waals surface area (Å²) in [6.07, 6.45) is -10.1. The summed E-state index contributed by atoms with van der Waals surface area (Å²) in [5.41, 5.74) is -0.662. The fraction of sp³-hybridized carbons (Fsp3) is 0.704. The summed E-state index contributed by atoms with van der Waals surface area (Å²) >= 11 is 6.39. The second-order valence-electron chi connectivity index (χ2n) is 12.2. The number of piperidine rings is 1. The first-order valence-electron chi connectivity index (χ1n) is 14.1. The van der Waals surface area contributed by atoms with Gasteiger partial charge in [-0.25, -0.2) is 13.8 Å². The van der Waals surface area contributed by atoms with Crippen LogP contribution in [0.25, 0.3) is 0 Å². The molecule has 1 aliphatic heterocycles. The number of ketones is 1. The van der Waals surface area contributed by atoms with Crippen LogP contribution in [0.1, 0.15) is 57.8 Å². The third-order valence-corrected chi connectivity index (χ3v) is 12.2. The number of nitrogens with one attached hydrogen (secondary N) is 1. The fourth-order valence-corrected chi connectivity index (χ4v) is 8.70. The van der Waals surface area contributed by atoms with Gasteiger partial charge in [0, 0.05) is 24.7 Å².